The zero-order valence-electron chi connectivity index (χ0n) is 24.6. The largest absolute Gasteiger partial charge is 0.310 e. The highest BCUT2D eigenvalue weighted by Crippen LogP contribution is 2.49. The number of rotatable bonds is 3. The fraction of sp³-hybridized carbons (Fsp3) is 0. The fourth-order valence-corrected chi connectivity index (χ4v) is 10.1. The molecular formula is C42H24N2S2. The fourth-order valence-electron chi connectivity index (χ4n) is 7.85. The molecule has 0 unspecified atom stereocenters. The molecule has 0 aliphatic heterocycles. The molecule has 7 aromatic carbocycles. The molecule has 0 atom stereocenters. The van der Waals surface area contributed by atoms with Crippen LogP contribution in [0.25, 0.3) is 78.4 Å². The van der Waals surface area contributed by atoms with Crippen molar-refractivity contribution >= 4 is 118 Å². The second kappa shape index (κ2) is 9.07. The van der Waals surface area contributed by atoms with E-state index in [2.05, 4.69) is 155 Å². The minimum atomic E-state index is 1.15. The Morgan fingerprint density at radius 3 is 2.00 bits per heavy atom. The molecule has 0 bridgehead atoms. The van der Waals surface area contributed by atoms with Crippen LogP contribution in [0.15, 0.2) is 146 Å². The molecule has 0 saturated heterocycles. The van der Waals surface area contributed by atoms with Gasteiger partial charge >= 0.3 is 0 Å². The lowest BCUT2D eigenvalue weighted by Gasteiger charge is -2.26. The van der Waals surface area contributed by atoms with Crippen molar-refractivity contribution in [3.63, 3.8) is 0 Å². The lowest BCUT2D eigenvalue weighted by Crippen LogP contribution is -2.10. The molecule has 0 aliphatic carbocycles. The minimum absolute atomic E-state index is 1.15. The maximum Gasteiger partial charge on any atom is 0.0635 e. The first kappa shape index (κ1) is 24.8. The Kier molecular flexibility index (Phi) is 4.90. The van der Waals surface area contributed by atoms with Crippen molar-refractivity contribution in [3.05, 3.63) is 146 Å². The van der Waals surface area contributed by atoms with Crippen LogP contribution in [0.4, 0.5) is 17.1 Å². The molecule has 11 aromatic rings. The number of fused-ring (bicyclic) bond motifs is 9. The molecule has 0 saturated carbocycles. The van der Waals surface area contributed by atoms with Gasteiger partial charge in [-0.25, -0.2) is 0 Å². The van der Waals surface area contributed by atoms with E-state index in [0.717, 1.165) is 11.4 Å². The first-order chi connectivity index (χ1) is 22.8. The average Bonchev–Trinajstić information content (AvgIpc) is 3.75. The summed E-state index contributed by atoms with van der Waals surface area (Å²) >= 11 is 3.77. The second-order valence-corrected chi connectivity index (χ2v) is 14.3. The molecule has 0 aliphatic rings. The van der Waals surface area contributed by atoms with Crippen LogP contribution in [0.5, 0.6) is 0 Å². The number of thiophene rings is 2. The van der Waals surface area contributed by atoms with Gasteiger partial charge in [0.25, 0.3) is 0 Å². The average molecular weight is 621 g/mol. The van der Waals surface area contributed by atoms with Crippen LogP contribution in [0.3, 0.4) is 0 Å². The van der Waals surface area contributed by atoms with E-state index in [9.17, 15) is 0 Å². The first-order valence-electron chi connectivity index (χ1n) is 15.6. The Hall–Kier alpha value is -5.42. The van der Waals surface area contributed by atoms with Gasteiger partial charge in [0.1, 0.15) is 0 Å². The predicted molar refractivity (Wildman–Crippen MR) is 202 cm³/mol. The molecule has 4 aromatic heterocycles. The van der Waals surface area contributed by atoms with Crippen LogP contribution >= 0.6 is 22.7 Å². The van der Waals surface area contributed by atoms with Gasteiger partial charge in [-0.05, 0) is 66.0 Å². The van der Waals surface area contributed by atoms with E-state index in [0.29, 0.717) is 0 Å². The molecule has 214 valence electrons. The second-order valence-electron chi connectivity index (χ2n) is 12.1. The number of para-hydroxylation sites is 2. The molecule has 4 heterocycles. The van der Waals surface area contributed by atoms with Gasteiger partial charge in [0.15, 0.2) is 0 Å². The lowest BCUT2D eigenvalue weighted by atomic mass is 10.0. The summed E-state index contributed by atoms with van der Waals surface area (Å²) in [5.74, 6) is 0. The highest BCUT2D eigenvalue weighted by Gasteiger charge is 2.24. The van der Waals surface area contributed by atoms with E-state index in [1.165, 1.54) is 84.1 Å². The maximum atomic E-state index is 2.54. The Morgan fingerprint density at radius 1 is 0.391 bits per heavy atom. The number of aromatic nitrogens is 1. The number of nitrogens with zero attached hydrogens (tertiary/aromatic N) is 2. The third-order valence-electron chi connectivity index (χ3n) is 9.70. The van der Waals surface area contributed by atoms with Crippen molar-refractivity contribution in [1.82, 2.24) is 4.40 Å². The van der Waals surface area contributed by atoms with Gasteiger partial charge in [0, 0.05) is 67.9 Å². The summed E-state index contributed by atoms with van der Waals surface area (Å²) in [5, 5.41) is 10.5. The Balaban J connectivity index is 1.31. The van der Waals surface area contributed by atoms with Crippen molar-refractivity contribution in [2.75, 3.05) is 4.90 Å². The van der Waals surface area contributed by atoms with Crippen molar-refractivity contribution in [2.24, 2.45) is 0 Å². The standard InChI is InChI=1S/C42H24N2S2/c1-2-10-25(11-3-1)43(26-20-21-29-28-13-5-7-18-35(28)45-38(29)24-26)33-16-9-17-34-39(33)31-22-23-37-41-40-30(14-8-19-36(40)46-37)27-12-4-6-15-32(27)44(34)42(31)41/h1-24H. The quantitative estimate of drug-likeness (QED) is 0.191. The molecule has 0 amide bonds. The van der Waals surface area contributed by atoms with E-state index in [1.807, 2.05) is 22.7 Å². The number of hydrogen-bond donors (Lipinski definition) is 0. The minimum Gasteiger partial charge on any atom is -0.310 e. The van der Waals surface area contributed by atoms with Gasteiger partial charge in [-0.2, -0.15) is 0 Å². The highest BCUT2D eigenvalue weighted by molar-refractivity contribution is 7.26. The van der Waals surface area contributed by atoms with Crippen molar-refractivity contribution in [2.45, 2.75) is 0 Å². The highest BCUT2D eigenvalue weighted by atomic mass is 32.1. The van der Waals surface area contributed by atoms with E-state index < -0.39 is 0 Å². The van der Waals surface area contributed by atoms with Crippen molar-refractivity contribution in [3.8, 4) is 0 Å². The summed E-state index contributed by atoms with van der Waals surface area (Å²) in [4.78, 5) is 2.45. The molecule has 0 radical (unpaired) electrons. The van der Waals surface area contributed by atoms with Crippen molar-refractivity contribution in [1.29, 1.82) is 0 Å². The Bertz CT molecular complexity index is 2970. The van der Waals surface area contributed by atoms with Crippen LogP contribution in [0.2, 0.25) is 0 Å². The van der Waals surface area contributed by atoms with Gasteiger partial charge in [-0.1, -0.05) is 84.9 Å². The summed E-state index contributed by atoms with van der Waals surface area (Å²) < 4.78 is 7.85. The Morgan fingerprint density at radius 2 is 1.07 bits per heavy atom. The van der Waals surface area contributed by atoms with Gasteiger partial charge < -0.3 is 9.30 Å². The summed E-state index contributed by atoms with van der Waals surface area (Å²) in [7, 11) is 0. The third kappa shape index (κ3) is 3.20. The van der Waals surface area contributed by atoms with Gasteiger partial charge in [0.05, 0.1) is 22.2 Å². The van der Waals surface area contributed by atoms with Crippen LogP contribution < -0.4 is 4.90 Å². The van der Waals surface area contributed by atoms with Gasteiger partial charge in [0.2, 0.25) is 0 Å². The van der Waals surface area contributed by atoms with Crippen LogP contribution in [-0.4, -0.2) is 4.40 Å². The van der Waals surface area contributed by atoms with E-state index >= 15 is 0 Å². The first-order valence-corrected chi connectivity index (χ1v) is 17.2. The van der Waals surface area contributed by atoms with E-state index in [-0.39, 0.29) is 0 Å². The topological polar surface area (TPSA) is 7.65 Å². The Labute approximate surface area is 271 Å². The van der Waals surface area contributed by atoms with E-state index in [4.69, 9.17) is 0 Å². The monoisotopic (exact) mass is 620 g/mol. The molecule has 0 N–H and O–H groups in total. The molecule has 2 nitrogen and oxygen atoms in total. The molecule has 0 spiro atoms. The zero-order valence-corrected chi connectivity index (χ0v) is 26.2. The van der Waals surface area contributed by atoms with E-state index in [1.54, 1.807) is 0 Å². The number of anilines is 3. The normalized spacial score (nSPS) is 12.3. The maximum absolute atomic E-state index is 2.54. The summed E-state index contributed by atoms with van der Waals surface area (Å²) in [6.45, 7) is 0. The number of hydrogen-bond acceptors (Lipinski definition) is 3. The summed E-state index contributed by atoms with van der Waals surface area (Å²) in [5.41, 5.74) is 7.26. The lowest BCUT2D eigenvalue weighted by molar-refractivity contribution is 1.30. The molecule has 4 heteroatoms. The summed E-state index contributed by atoms with van der Waals surface area (Å²) in [6, 6.07) is 53.8. The van der Waals surface area contributed by atoms with Gasteiger partial charge in [-0.3, -0.25) is 0 Å². The third-order valence-corrected chi connectivity index (χ3v) is 12.0. The van der Waals surface area contributed by atoms with Crippen LogP contribution in [0.1, 0.15) is 0 Å². The smallest absolute Gasteiger partial charge is 0.0635 e. The number of benzene rings is 7. The predicted octanol–water partition coefficient (Wildman–Crippen LogP) is 13.0. The molecule has 0 fully saturated rings. The molecular weight excluding hydrogens is 597 g/mol. The zero-order chi connectivity index (χ0) is 29.9. The summed E-state index contributed by atoms with van der Waals surface area (Å²) in [6.07, 6.45) is 0. The van der Waals surface area contributed by atoms with Gasteiger partial charge in [-0.15, -0.1) is 22.7 Å². The SMILES string of the molecule is c1ccc(N(c2ccc3c(c2)sc2ccccc23)c2cccc3c2c2ccc4sc5cccc6c7ccccc7n3c2c4c56)cc1. The van der Waals surface area contributed by atoms with Crippen LogP contribution in [-0.2, 0) is 0 Å². The van der Waals surface area contributed by atoms with Crippen LogP contribution in [0, 0.1) is 0 Å². The molecule has 11 rings (SSSR count). The van der Waals surface area contributed by atoms with Crippen molar-refractivity contribution < 1.29 is 0 Å². The molecule has 46 heavy (non-hydrogen) atoms.